The molecule has 0 aliphatic carbocycles. The van der Waals surface area contributed by atoms with Gasteiger partial charge >= 0.3 is 5.97 Å². The van der Waals surface area contributed by atoms with Gasteiger partial charge in [0, 0.05) is 44.0 Å². The summed E-state index contributed by atoms with van der Waals surface area (Å²) in [5.74, 6) is -0.926. The first-order valence-electron chi connectivity index (χ1n) is 11.9. The van der Waals surface area contributed by atoms with E-state index >= 15 is 0 Å². The summed E-state index contributed by atoms with van der Waals surface area (Å²) in [7, 11) is 0. The van der Waals surface area contributed by atoms with Gasteiger partial charge in [-0.3, -0.25) is 9.89 Å². The van der Waals surface area contributed by atoms with Crippen LogP contribution in [0.3, 0.4) is 0 Å². The minimum absolute atomic E-state index is 0.282. The zero-order chi connectivity index (χ0) is 24.9. The van der Waals surface area contributed by atoms with Crippen LogP contribution in [0.4, 0.5) is 0 Å². The standard InChI is InChI=1S/C31H25N3O2/c32-17-27-13-10-23(16-30(27)29-7-3-5-25-4-1-2-6-28(25)29)20-34(21-24-14-15-33-18-24)19-22-8-11-26(12-9-22)31(35)36/h1-13,15-16,18H,14,19-21H2,(H,35,36). The van der Waals surface area contributed by atoms with Crippen molar-refractivity contribution >= 4 is 23.0 Å². The van der Waals surface area contributed by atoms with Gasteiger partial charge in [-0.2, -0.15) is 5.26 Å². The molecule has 5 rings (SSSR count). The number of hydrogen-bond acceptors (Lipinski definition) is 4. The Bertz CT molecular complexity index is 1520. The van der Waals surface area contributed by atoms with Crippen LogP contribution >= 0.6 is 0 Å². The fourth-order valence-electron chi connectivity index (χ4n) is 4.68. The molecular formula is C31H25N3O2. The van der Waals surface area contributed by atoms with Crippen LogP contribution in [-0.2, 0) is 13.1 Å². The lowest BCUT2D eigenvalue weighted by Gasteiger charge is -2.24. The van der Waals surface area contributed by atoms with E-state index < -0.39 is 5.97 Å². The number of aliphatic imine (C=N–C) groups is 1. The third-order valence-corrected chi connectivity index (χ3v) is 6.44. The highest BCUT2D eigenvalue weighted by molar-refractivity contribution is 5.97. The molecule has 1 N–H and O–H groups in total. The Morgan fingerprint density at radius 3 is 2.39 bits per heavy atom. The second-order valence-electron chi connectivity index (χ2n) is 8.99. The van der Waals surface area contributed by atoms with Crippen molar-refractivity contribution in [3.63, 3.8) is 0 Å². The molecule has 4 aromatic rings. The molecule has 1 aliphatic rings. The van der Waals surface area contributed by atoms with Gasteiger partial charge in [-0.25, -0.2) is 4.79 Å². The SMILES string of the molecule is N#Cc1ccc(CN(CC2=CN=CC2)Cc2ccc(C(=O)O)cc2)cc1-c1cccc2ccccc12. The van der Waals surface area contributed by atoms with Crippen molar-refractivity contribution in [1.29, 1.82) is 5.26 Å². The number of rotatable bonds is 8. The highest BCUT2D eigenvalue weighted by atomic mass is 16.4. The lowest BCUT2D eigenvalue weighted by Crippen LogP contribution is -2.25. The van der Waals surface area contributed by atoms with E-state index in [0.717, 1.165) is 46.0 Å². The zero-order valence-electron chi connectivity index (χ0n) is 19.8. The van der Waals surface area contributed by atoms with Crippen LogP contribution in [0.25, 0.3) is 21.9 Å². The molecule has 4 aromatic carbocycles. The van der Waals surface area contributed by atoms with E-state index in [-0.39, 0.29) is 5.56 Å². The monoisotopic (exact) mass is 471 g/mol. The van der Waals surface area contributed by atoms with E-state index in [9.17, 15) is 15.2 Å². The van der Waals surface area contributed by atoms with Crippen molar-refractivity contribution in [2.45, 2.75) is 19.5 Å². The van der Waals surface area contributed by atoms with Crippen molar-refractivity contribution in [2.24, 2.45) is 4.99 Å². The number of nitrogens with zero attached hydrogens (tertiary/aromatic N) is 3. The van der Waals surface area contributed by atoms with Crippen molar-refractivity contribution in [3.05, 3.63) is 119 Å². The highest BCUT2D eigenvalue weighted by Gasteiger charge is 2.15. The molecule has 5 nitrogen and oxygen atoms in total. The Kier molecular flexibility index (Phi) is 6.70. The van der Waals surface area contributed by atoms with Crippen molar-refractivity contribution < 1.29 is 9.90 Å². The third-order valence-electron chi connectivity index (χ3n) is 6.44. The largest absolute Gasteiger partial charge is 0.478 e. The maximum absolute atomic E-state index is 11.2. The maximum Gasteiger partial charge on any atom is 0.335 e. The van der Waals surface area contributed by atoms with Crippen LogP contribution in [0.15, 0.2) is 102 Å². The van der Waals surface area contributed by atoms with Gasteiger partial charge in [-0.05, 0) is 57.3 Å². The predicted molar refractivity (Wildman–Crippen MR) is 143 cm³/mol. The summed E-state index contributed by atoms with van der Waals surface area (Å²) in [5.41, 5.74) is 6.30. The first-order chi connectivity index (χ1) is 17.6. The van der Waals surface area contributed by atoms with Gasteiger partial charge in [0.1, 0.15) is 0 Å². The van der Waals surface area contributed by atoms with E-state index in [2.05, 4.69) is 46.3 Å². The molecule has 36 heavy (non-hydrogen) atoms. The number of fused-ring (bicyclic) bond motifs is 1. The number of carbonyl (C=O) groups is 1. The lowest BCUT2D eigenvalue weighted by atomic mass is 9.93. The zero-order valence-corrected chi connectivity index (χ0v) is 19.8. The topological polar surface area (TPSA) is 76.7 Å². The van der Waals surface area contributed by atoms with Gasteiger partial charge in [0.15, 0.2) is 0 Å². The quantitative estimate of drug-likeness (QED) is 0.321. The van der Waals surface area contributed by atoms with Crippen molar-refractivity contribution in [1.82, 2.24) is 4.90 Å². The molecule has 0 bridgehead atoms. The smallest absolute Gasteiger partial charge is 0.335 e. The van der Waals surface area contributed by atoms with Crippen LogP contribution < -0.4 is 0 Å². The summed E-state index contributed by atoms with van der Waals surface area (Å²) >= 11 is 0. The second-order valence-corrected chi connectivity index (χ2v) is 8.99. The Morgan fingerprint density at radius 2 is 1.64 bits per heavy atom. The summed E-state index contributed by atoms with van der Waals surface area (Å²) in [6.07, 6.45) is 4.67. The third kappa shape index (κ3) is 5.10. The summed E-state index contributed by atoms with van der Waals surface area (Å²) < 4.78 is 0. The Morgan fingerprint density at radius 1 is 0.889 bits per heavy atom. The molecule has 0 saturated carbocycles. The van der Waals surface area contributed by atoms with E-state index in [1.165, 1.54) is 5.57 Å². The summed E-state index contributed by atoms with van der Waals surface area (Å²) in [5, 5.41) is 21.3. The van der Waals surface area contributed by atoms with Crippen LogP contribution in [0.1, 0.15) is 33.5 Å². The predicted octanol–water partition coefficient (Wildman–Crippen LogP) is 6.44. The average Bonchev–Trinajstić information content (AvgIpc) is 3.41. The Hall–Kier alpha value is -4.53. The number of nitriles is 1. The first kappa shape index (κ1) is 23.2. The minimum Gasteiger partial charge on any atom is -0.478 e. The molecule has 0 aromatic heterocycles. The number of hydrogen-bond donors (Lipinski definition) is 1. The number of carboxylic acids is 1. The van der Waals surface area contributed by atoms with Crippen molar-refractivity contribution in [3.8, 4) is 17.2 Å². The molecule has 1 aliphatic heterocycles. The van der Waals surface area contributed by atoms with Gasteiger partial charge in [-0.1, -0.05) is 60.7 Å². The van der Waals surface area contributed by atoms with E-state index in [0.29, 0.717) is 18.7 Å². The molecule has 0 amide bonds. The molecule has 0 saturated heterocycles. The van der Waals surface area contributed by atoms with Gasteiger partial charge in [0.2, 0.25) is 0 Å². The van der Waals surface area contributed by atoms with E-state index in [1.807, 2.05) is 54.9 Å². The molecular weight excluding hydrogens is 446 g/mol. The number of benzene rings is 4. The fourth-order valence-corrected chi connectivity index (χ4v) is 4.68. The van der Waals surface area contributed by atoms with Gasteiger partial charge < -0.3 is 5.11 Å². The minimum atomic E-state index is -0.926. The van der Waals surface area contributed by atoms with Crippen LogP contribution in [-0.4, -0.2) is 28.7 Å². The lowest BCUT2D eigenvalue weighted by molar-refractivity contribution is 0.0697. The Labute approximate surface area is 210 Å². The van der Waals surface area contributed by atoms with Crippen molar-refractivity contribution in [2.75, 3.05) is 6.54 Å². The first-order valence-corrected chi connectivity index (χ1v) is 11.9. The van der Waals surface area contributed by atoms with Crippen LogP contribution in [0.2, 0.25) is 0 Å². The molecule has 1 heterocycles. The summed E-state index contributed by atoms with van der Waals surface area (Å²) in [4.78, 5) is 17.8. The van der Waals surface area contributed by atoms with Crippen LogP contribution in [0.5, 0.6) is 0 Å². The number of carboxylic acid groups (broad SMARTS) is 1. The van der Waals surface area contributed by atoms with E-state index in [1.54, 1.807) is 12.1 Å². The normalized spacial score (nSPS) is 12.6. The Balaban J connectivity index is 1.47. The van der Waals surface area contributed by atoms with Gasteiger partial charge in [0.25, 0.3) is 0 Å². The highest BCUT2D eigenvalue weighted by Crippen LogP contribution is 2.32. The van der Waals surface area contributed by atoms with E-state index in [4.69, 9.17) is 0 Å². The molecule has 0 spiro atoms. The molecule has 5 heteroatoms. The maximum atomic E-state index is 11.2. The summed E-state index contributed by atoms with van der Waals surface area (Å²) in [6, 6.07) is 29.9. The van der Waals surface area contributed by atoms with Gasteiger partial charge in [-0.15, -0.1) is 0 Å². The fraction of sp³-hybridized carbons (Fsp3) is 0.129. The molecule has 0 atom stereocenters. The average molecular weight is 472 g/mol. The van der Waals surface area contributed by atoms with Gasteiger partial charge in [0.05, 0.1) is 17.2 Å². The summed E-state index contributed by atoms with van der Waals surface area (Å²) in [6.45, 7) is 2.10. The molecule has 0 fully saturated rings. The molecule has 0 radical (unpaired) electrons. The van der Waals surface area contributed by atoms with Crippen LogP contribution in [0, 0.1) is 11.3 Å². The second kappa shape index (κ2) is 10.4. The molecule has 176 valence electrons. The molecule has 0 unspecified atom stereocenters. The number of aromatic carboxylic acids is 1.